The average Bonchev–Trinajstić information content (AvgIpc) is 3.43. The fourth-order valence-corrected chi connectivity index (χ4v) is 11.7. The molecule has 1 unspecified atom stereocenters. The van der Waals surface area contributed by atoms with E-state index in [4.69, 9.17) is 9.47 Å². The molecule has 274 valence electrons. The highest BCUT2D eigenvalue weighted by molar-refractivity contribution is 5.79. The minimum Gasteiger partial charge on any atom is -0.469 e. The van der Waals surface area contributed by atoms with Gasteiger partial charge in [0.2, 0.25) is 0 Å². The molecule has 8 atom stereocenters. The van der Waals surface area contributed by atoms with Crippen LogP contribution in [0.25, 0.3) is 0 Å². The van der Waals surface area contributed by atoms with Crippen LogP contribution in [0.4, 0.5) is 0 Å². The molecule has 4 aliphatic rings. The molecule has 0 spiro atoms. The summed E-state index contributed by atoms with van der Waals surface area (Å²) in [6.07, 6.45) is 34.6. The van der Waals surface area contributed by atoms with Crippen LogP contribution >= 0.6 is 0 Å². The maximum atomic E-state index is 13.8. The topological polar surface area (TPSA) is 52.6 Å². The van der Waals surface area contributed by atoms with E-state index in [1.54, 1.807) is 7.11 Å². The van der Waals surface area contributed by atoms with E-state index >= 15 is 0 Å². The second kappa shape index (κ2) is 18.6. The monoisotopic (exact) mass is 667 g/mol. The Morgan fingerprint density at radius 2 is 1.50 bits per heavy atom. The van der Waals surface area contributed by atoms with Gasteiger partial charge in [0.1, 0.15) is 5.76 Å². The molecule has 0 heterocycles. The largest absolute Gasteiger partial charge is 0.469 e. The summed E-state index contributed by atoms with van der Waals surface area (Å²) in [6, 6.07) is 0. The second-order valence-electron chi connectivity index (χ2n) is 17.3. The van der Waals surface area contributed by atoms with Gasteiger partial charge in [0.25, 0.3) is 0 Å². The molecule has 4 heteroatoms. The third kappa shape index (κ3) is 8.82. The van der Waals surface area contributed by atoms with Crippen molar-refractivity contribution in [3.05, 3.63) is 24.0 Å². The number of hydrogen-bond acceptors (Lipinski definition) is 4. The van der Waals surface area contributed by atoms with Crippen LogP contribution < -0.4 is 0 Å². The van der Waals surface area contributed by atoms with Crippen molar-refractivity contribution >= 4 is 11.9 Å². The number of fused-ring (bicyclic) bond motifs is 5. The quantitative estimate of drug-likeness (QED) is 0.0737. The van der Waals surface area contributed by atoms with Gasteiger partial charge in [-0.15, -0.1) is 0 Å². The van der Waals surface area contributed by atoms with Crippen LogP contribution in [0, 0.1) is 45.8 Å². The summed E-state index contributed by atoms with van der Waals surface area (Å²) < 4.78 is 11.6. The molecule has 3 fully saturated rings. The summed E-state index contributed by atoms with van der Waals surface area (Å²) in [4.78, 5) is 26.7. The first kappa shape index (κ1) is 39.2. The number of carbonyl (C=O) groups excluding carboxylic acids is 2. The Hall–Kier alpha value is -1.58. The van der Waals surface area contributed by atoms with Crippen molar-refractivity contribution in [2.24, 2.45) is 45.8 Å². The number of methoxy groups -OCH3 is 1. The minimum absolute atomic E-state index is 0.0865. The SMILES string of the molecule is CCCCCCCC/C=C\CCCCCCCC(=O)OC1=CC[C@]2(C)[C@H]3CC[C@]4(C)[C@@H]([C@H](C)CCC)CC[C@H]4[C@@H]3CCC2(C(=O)OC)C1. The van der Waals surface area contributed by atoms with Crippen LogP contribution in [0.2, 0.25) is 0 Å². The summed E-state index contributed by atoms with van der Waals surface area (Å²) in [5, 5.41) is 0. The lowest BCUT2D eigenvalue weighted by Gasteiger charge is -2.63. The molecule has 0 saturated heterocycles. The van der Waals surface area contributed by atoms with Gasteiger partial charge < -0.3 is 9.47 Å². The first-order valence-electron chi connectivity index (χ1n) is 20.8. The van der Waals surface area contributed by atoms with Crippen molar-refractivity contribution in [1.29, 1.82) is 0 Å². The molecule has 0 aromatic carbocycles. The number of allylic oxidation sites excluding steroid dienone is 4. The van der Waals surface area contributed by atoms with Crippen LogP contribution in [-0.2, 0) is 19.1 Å². The predicted molar refractivity (Wildman–Crippen MR) is 199 cm³/mol. The average molecular weight is 667 g/mol. The maximum Gasteiger partial charge on any atom is 0.312 e. The van der Waals surface area contributed by atoms with E-state index in [9.17, 15) is 9.59 Å². The number of ether oxygens (including phenoxy) is 2. The standard InChI is InChI=1S/C44H74O4/c1-7-9-10-11-12-13-14-15-16-17-18-19-20-21-22-24-40(45)48-35-27-31-43(5)39-29-30-42(4)37(34(3)23-8-2)25-26-38(42)36(39)28-32-44(43,33-35)41(46)47-6/h15-16,27,34,36-39H,7-14,17-26,28-33H2,1-6H3/b16-15-/t34-,36+,37-,38+,39+,42-,43-,44?/m1/s1. The van der Waals surface area contributed by atoms with Gasteiger partial charge in [0.05, 0.1) is 12.5 Å². The smallest absolute Gasteiger partial charge is 0.312 e. The van der Waals surface area contributed by atoms with Gasteiger partial charge >= 0.3 is 11.9 Å². The molecule has 0 radical (unpaired) electrons. The Bertz CT molecular complexity index is 1080. The first-order chi connectivity index (χ1) is 23.2. The lowest BCUT2D eigenvalue weighted by Crippen LogP contribution is -2.60. The van der Waals surface area contributed by atoms with Crippen molar-refractivity contribution in [3.63, 3.8) is 0 Å². The van der Waals surface area contributed by atoms with E-state index in [1.165, 1.54) is 109 Å². The lowest BCUT2D eigenvalue weighted by atomic mass is 9.40. The number of rotatable bonds is 20. The highest BCUT2D eigenvalue weighted by Crippen LogP contribution is 2.71. The summed E-state index contributed by atoms with van der Waals surface area (Å²) in [5.41, 5.74) is -0.318. The van der Waals surface area contributed by atoms with Crippen LogP contribution in [0.3, 0.4) is 0 Å². The lowest BCUT2D eigenvalue weighted by molar-refractivity contribution is -0.190. The molecule has 0 amide bonds. The van der Waals surface area contributed by atoms with E-state index in [1.807, 2.05) is 0 Å². The summed E-state index contributed by atoms with van der Waals surface area (Å²) >= 11 is 0. The van der Waals surface area contributed by atoms with Crippen molar-refractivity contribution in [2.75, 3.05) is 7.11 Å². The van der Waals surface area contributed by atoms with E-state index in [0.717, 1.165) is 49.9 Å². The van der Waals surface area contributed by atoms with E-state index < -0.39 is 5.41 Å². The molecule has 0 aromatic rings. The van der Waals surface area contributed by atoms with Crippen LogP contribution in [0.15, 0.2) is 24.0 Å². The first-order valence-corrected chi connectivity index (χ1v) is 20.8. The van der Waals surface area contributed by atoms with Gasteiger partial charge in [0, 0.05) is 12.8 Å². The molecule has 4 nitrogen and oxygen atoms in total. The highest BCUT2D eigenvalue weighted by atomic mass is 16.5. The Balaban J connectivity index is 1.23. The van der Waals surface area contributed by atoms with E-state index in [0.29, 0.717) is 35.9 Å². The third-order valence-corrected chi connectivity index (χ3v) is 14.5. The normalized spacial score (nSPS) is 33.4. The molecular weight excluding hydrogens is 592 g/mol. The van der Waals surface area contributed by atoms with Gasteiger partial charge in [0.15, 0.2) is 0 Å². The fraction of sp³-hybridized carbons (Fsp3) is 0.864. The Morgan fingerprint density at radius 3 is 2.17 bits per heavy atom. The molecule has 4 rings (SSSR count). The molecular formula is C44H74O4. The van der Waals surface area contributed by atoms with Crippen LogP contribution in [0.5, 0.6) is 0 Å². The van der Waals surface area contributed by atoms with Gasteiger partial charge in [-0.3, -0.25) is 9.59 Å². The minimum atomic E-state index is -0.600. The molecule has 0 N–H and O–H groups in total. The predicted octanol–water partition coefficient (Wildman–Crippen LogP) is 12.7. The van der Waals surface area contributed by atoms with Crippen molar-refractivity contribution < 1.29 is 19.1 Å². The van der Waals surface area contributed by atoms with Gasteiger partial charge in [-0.1, -0.05) is 111 Å². The van der Waals surface area contributed by atoms with Crippen molar-refractivity contribution in [3.8, 4) is 0 Å². The number of esters is 2. The van der Waals surface area contributed by atoms with Gasteiger partial charge in [-0.25, -0.2) is 0 Å². The summed E-state index contributed by atoms with van der Waals surface area (Å²) in [7, 11) is 1.55. The Kier molecular flexibility index (Phi) is 15.2. The fourth-order valence-electron chi connectivity index (χ4n) is 11.7. The molecule has 3 saturated carbocycles. The molecule has 0 aromatic heterocycles. The second-order valence-corrected chi connectivity index (χ2v) is 17.3. The zero-order chi connectivity index (χ0) is 34.6. The van der Waals surface area contributed by atoms with Crippen molar-refractivity contribution in [2.45, 2.75) is 189 Å². The van der Waals surface area contributed by atoms with Crippen LogP contribution in [0.1, 0.15) is 189 Å². The zero-order valence-corrected chi connectivity index (χ0v) is 32.2. The molecule has 0 aliphatic heterocycles. The summed E-state index contributed by atoms with van der Waals surface area (Å²) in [5.74, 6) is 4.10. The molecule has 48 heavy (non-hydrogen) atoms. The number of hydrogen-bond donors (Lipinski definition) is 0. The number of unbranched alkanes of at least 4 members (excludes halogenated alkanes) is 11. The van der Waals surface area contributed by atoms with Crippen LogP contribution in [-0.4, -0.2) is 19.0 Å². The van der Waals surface area contributed by atoms with E-state index in [2.05, 4.69) is 52.8 Å². The maximum absolute atomic E-state index is 13.8. The highest BCUT2D eigenvalue weighted by Gasteiger charge is 2.67. The van der Waals surface area contributed by atoms with Gasteiger partial charge in [-0.2, -0.15) is 0 Å². The van der Waals surface area contributed by atoms with Gasteiger partial charge in [-0.05, 0) is 124 Å². The molecule has 4 aliphatic carbocycles. The van der Waals surface area contributed by atoms with E-state index in [-0.39, 0.29) is 17.4 Å². The molecule has 0 bridgehead atoms. The zero-order valence-electron chi connectivity index (χ0n) is 32.2. The number of carbonyl (C=O) groups is 2. The Labute approximate surface area is 296 Å². The third-order valence-electron chi connectivity index (χ3n) is 14.5. The Morgan fingerprint density at radius 1 is 0.833 bits per heavy atom. The van der Waals surface area contributed by atoms with Crippen molar-refractivity contribution in [1.82, 2.24) is 0 Å². The summed E-state index contributed by atoms with van der Waals surface area (Å²) in [6.45, 7) is 12.1.